The van der Waals surface area contributed by atoms with Crippen LogP contribution in [-0.2, 0) is 4.79 Å². The Morgan fingerprint density at radius 3 is 2.55 bits per heavy atom. The van der Waals surface area contributed by atoms with E-state index in [-0.39, 0.29) is 11.9 Å². The molecule has 3 unspecified atom stereocenters. The number of benzene rings is 1. The smallest absolute Gasteiger partial charge is 0.326 e. The van der Waals surface area contributed by atoms with Gasteiger partial charge >= 0.3 is 5.97 Å². The molecule has 0 aromatic heterocycles. The average molecular weight is 301 g/mol. The number of hydrogen-bond donors (Lipinski definition) is 1. The van der Waals surface area contributed by atoms with Crippen molar-refractivity contribution in [2.45, 2.75) is 58.0 Å². The largest absolute Gasteiger partial charge is 0.480 e. The fraction of sp³-hybridized carbons (Fsp3) is 0.556. The molecule has 118 valence electrons. The summed E-state index contributed by atoms with van der Waals surface area (Å²) >= 11 is 0. The lowest BCUT2D eigenvalue weighted by Crippen LogP contribution is -2.46. The van der Waals surface area contributed by atoms with Crippen LogP contribution >= 0.6 is 0 Å². The van der Waals surface area contributed by atoms with Crippen molar-refractivity contribution in [1.29, 1.82) is 0 Å². The molecule has 1 aromatic rings. The Kier molecular flexibility index (Phi) is 3.94. The molecule has 1 heterocycles. The van der Waals surface area contributed by atoms with Gasteiger partial charge in [-0.3, -0.25) is 4.79 Å². The topological polar surface area (TPSA) is 57.6 Å². The van der Waals surface area contributed by atoms with Crippen molar-refractivity contribution in [3.05, 3.63) is 34.9 Å². The Labute approximate surface area is 131 Å². The molecule has 22 heavy (non-hydrogen) atoms. The zero-order chi connectivity index (χ0) is 15.9. The lowest BCUT2D eigenvalue weighted by Gasteiger charge is -2.33. The van der Waals surface area contributed by atoms with E-state index in [9.17, 15) is 14.7 Å². The van der Waals surface area contributed by atoms with Crippen LogP contribution in [0.5, 0.6) is 0 Å². The number of carboxylic acids is 1. The summed E-state index contributed by atoms with van der Waals surface area (Å²) < 4.78 is 0. The lowest BCUT2D eigenvalue weighted by atomic mass is 9.84. The third-order valence-electron chi connectivity index (χ3n) is 5.36. The van der Waals surface area contributed by atoms with Crippen LogP contribution in [0.25, 0.3) is 0 Å². The van der Waals surface area contributed by atoms with Gasteiger partial charge in [0.25, 0.3) is 5.91 Å². The third kappa shape index (κ3) is 2.51. The van der Waals surface area contributed by atoms with Crippen LogP contribution in [0.4, 0.5) is 0 Å². The van der Waals surface area contributed by atoms with Gasteiger partial charge in [-0.1, -0.05) is 18.9 Å². The molecule has 4 heteroatoms. The molecule has 0 bridgehead atoms. The summed E-state index contributed by atoms with van der Waals surface area (Å²) in [6.45, 7) is 3.99. The molecule has 0 radical (unpaired) electrons. The molecule has 3 rings (SSSR count). The first-order chi connectivity index (χ1) is 10.5. The van der Waals surface area contributed by atoms with Crippen molar-refractivity contribution in [3.8, 4) is 0 Å². The molecule has 1 saturated heterocycles. The van der Waals surface area contributed by atoms with Crippen molar-refractivity contribution < 1.29 is 14.7 Å². The van der Waals surface area contributed by atoms with E-state index >= 15 is 0 Å². The van der Waals surface area contributed by atoms with Crippen molar-refractivity contribution >= 4 is 11.9 Å². The Morgan fingerprint density at radius 2 is 1.86 bits per heavy atom. The molecule has 2 aliphatic rings. The highest BCUT2D eigenvalue weighted by Crippen LogP contribution is 2.40. The molecule has 1 saturated carbocycles. The predicted molar refractivity (Wildman–Crippen MR) is 83.9 cm³/mol. The van der Waals surface area contributed by atoms with E-state index in [1.165, 1.54) is 0 Å². The number of likely N-dealkylation sites (tertiary alicyclic amines) is 1. The van der Waals surface area contributed by atoms with Gasteiger partial charge in [-0.25, -0.2) is 4.79 Å². The number of fused-ring (bicyclic) bond motifs is 1. The summed E-state index contributed by atoms with van der Waals surface area (Å²) in [4.78, 5) is 26.2. The van der Waals surface area contributed by atoms with Crippen LogP contribution in [-0.4, -0.2) is 34.0 Å². The molecular formula is C18H23NO3. The highest BCUT2D eigenvalue weighted by Gasteiger charge is 2.47. The third-order valence-corrected chi connectivity index (χ3v) is 5.36. The van der Waals surface area contributed by atoms with Crippen molar-refractivity contribution in [3.63, 3.8) is 0 Å². The number of hydrogen-bond acceptors (Lipinski definition) is 2. The molecule has 1 N–H and O–H groups in total. The minimum Gasteiger partial charge on any atom is -0.480 e. The Hall–Kier alpha value is -1.84. The van der Waals surface area contributed by atoms with Crippen LogP contribution in [0.3, 0.4) is 0 Å². The van der Waals surface area contributed by atoms with E-state index in [2.05, 4.69) is 0 Å². The lowest BCUT2D eigenvalue weighted by molar-refractivity contribution is -0.141. The zero-order valence-electron chi connectivity index (χ0n) is 13.2. The van der Waals surface area contributed by atoms with E-state index in [4.69, 9.17) is 0 Å². The first kappa shape index (κ1) is 15.1. The molecule has 2 fully saturated rings. The molecule has 1 aliphatic carbocycles. The summed E-state index contributed by atoms with van der Waals surface area (Å²) in [6.07, 6.45) is 4.83. The van der Waals surface area contributed by atoms with Crippen LogP contribution in [0.2, 0.25) is 0 Å². The fourth-order valence-corrected chi connectivity index (χ4v) is 4.00. The summed E-state index contributed by atoms with van der Waals surface area (Å²) in [7, 11) is 0. The Morgan fingerprint density at radius 1 is 1.14 bits per heavy atom. The molecule has 1 aromatic carbocycles. The maximum Gasteiger partial charge on any atom is 0.326 e. The molecule has 1 aliphatic heterocycles. The SMILES string of the molecule is Cc1ccc(C(=O)N2C(C(=O)O)CC3CCCCC32)cc1C. The van der Waals surface area contributed by atoms with Gasteiger partial charge in [0.15, 0.2) is 0 Å². The minimum absolute atomic E-state index is 0.101. The van der Waals surface area contributed by atoms with Crippen molar-refractivity contribution in [2.75, 3.05) is 0 Å². The number of amides is 1. The minimum atomic E-state index is -0.869. The number of carbonyl (C=O) groups excluding carboxylic acids is 1. The van der Waals surface area contributed by atoms with Crippen molar-refractivity contribution in [2.24, 2.45) is 5.92 Å². The Bertz CT molecular complexity index is 610. The molecule has 0 spiro atoms. The first-order valence-corrected chi connectivity index (χ1v) is 8.11. The van der Waals surface area contributed by atoms with E-state index in [0.717, 1.165) is 36.8 Å². The van der Waals surface area contributed by atoms with E-state index < -0.39 is 12.0 Å². The summed E-state index contributed by atoms with van der Waals surface area (Å²) in [6, 6.07) is 5.07. The van der Waals surface area contributed by atoms with Gasteiger partial charge in [-0.15, -0.1) is 0 Å². The second-order valence-electron chi connectivity index (χ2n) is 6.71. The van der Waals surface area contributed by atoms with Crippen LogP contribution in [0.15, 0.2) is 18.2 Å². The number of aliphatic carboxylic acids is 1. The molecule has 1 amide bonds. The highest BCUT2D eigenvalue weighted by molar-refractivity contribution is 5.97. The van der Waals surface area contributed by atoms with E-state index in [1.807, 2.05) is 32.0 Å². The zero-order valence-corrected chi connectivity index (χ0v) is 13.2. The van der Waals surface area contributed by atoms with Gasteiger partial charge < -0.3 is 10.0 Å². The van der Waals surface area contributed by atoms with Gasteiger partial charge in [-0.05, 0) is 62.3 Å². The fourth-order valence-electron chi connectivity index (χ4n) is 4.00. The maximum atomic E-state index is 12.9. The van der Waals surface area contributed by atoms with Crippen LogP contribution in [0.1, 0.15) is 53.6 Å². The number of nitrogens with zero attached hydrogens (tertiary/aromatic N) is 1. The van der Waals surface area contributed by atoms with Crippen LogP contribution in [0, 0.1) is 19.8 Å². The van der Waals surface area contributed by atoms with E-state index in [0.29, 0.717) is 17.9 Å². The average Bonchev–Trinajstić information content (AvgIpc) is 2.89. The van der Waals surface area contributed by atoms with Gasteiger partial charge in [-0.2, -0.15) is 0 Å². The number of aryl methyl sites for hydroxylation is 2. The second-order valence-corrected chi connectivity index (χ2v) is 6.71. The van der Waals surface area contributed by atoms with Gasteiger partial charge in [0.05, 0.1) is 0 Å². The molecule has 4 nitrogen and oxygen atoms in total. The number of carbonyl (C=O) groups is 2. The number of carboxylic acid groups (broad SMARTS) is 1. The second kappa shape index (κ2) is 5.75. The predicted octanol–water partition coefficient (Wildman–Crippen LogP) is 3.16. The van der Waals surface area contributed by atoms with Gasteiger partial charge in [0.1, 0.15) is 6.04 Å². The Balaban J connectivity index is 1.93. The molecule has 3 atom stereocenters. The summed E-state index contributed by atoms with van der Waals surface area (Å²) in [5, 5.41) is 9.53. The standard InChI is InChI=1S/C18H23NO3/c1-11-7-8-14(9-12(11)2)17(20)19-15-6-4-3-5-13(15)10-16(19)18(21)22/h7-9,13,15-16H,3-6,10H2,1-2H3,(H,21,22). The van der Waals surface area contributed by atoms with Gasteiger partial charge in [0.2, 0.25) is 0 Å². The first-order valence-electron chi connectivity index (χ1n) is 8.11. The highest BCUT2D eigenvalue weighted by atomic mass is 16.4. The van der Waals surface area contributed by atoms with Gasteiger partial charge in [0, 0.05) is 11.6 Å². The normalized spacial score (nSPS) is 27.5. The monoisotopic (exact) mass is 301 g/mol. The summed E-state index contributed by atoms with van der Waals surface area (Å²) in [5.74, 6) is -0.637. The van der Waals surface area contributed by atoms with Crippen molar-refractivity contribution in [1.82, 2.24) is 4.90 Å². The molecular weight excluding hydrogens is 278 g/mol. The van der Waals surface area contributed by atoms with E-state index in [1.54, 1.807) is 4.90 Å². The van der Waals surface area contributed by atoms with Crippen LogP contribution < -0.4 is 0 Å². The summed E-state index contributed by atoms with van der Waals surface area (Å²) in [5.41, 5.74) is 2.82. The quantitative estimate of drug-likeness (QED) is 0.913. The maximum absolute atomic E-state index is 12.9. The number of rotatable bonds is 2.